The first-order chi connectivity index (χ1) is 23.3. The van der Waals surface area contributed by atoms with Crippen LogP contribution in [0.4, 0.5) is 0 Å². The maximum absolute atomic E-state index is 5.67. The van der Waals surface area contributed by atoms with E-state index in [1.54, 1.807) is 0 Å². The van der Waals surface area contributed by atoms with Crippen molar-refractivity contribution in [3.63, 3.8) is 0 Å². The Labute approximate surface area is 291 Å². The summed E-state index contributed by atoms with van der Waals surface area (Å²) in [6.07, 6.45) is 0. The van der Waals surface area contributed by atoms with Gasteiger partial charge in [-0.3, -0.25) is 0 Å². The van der Waals surface area contributed by atoms with E-state index in [-0.39, 0.29) is 36.3 Å². The molecule has 0 aliphatic heterocycles. The molecule has 0 atom stereocenters. The van der Waals surface area contributed by atoms with E-state index in [0.717, 1.165) is 16.9 Å². The maximum Gasteiger partial charge on any atom is 0.278 e. The second-order valence-electron chi connectivity index (χ2n) is 14.7. The summed E-state index contributed by atoms with van der Waals surface area (Å²) < 4.78 is 31.2. The zero-order valence-electron chi connectivity index (χ0n) is 31.4. The van der Waals surface area contributed by atoms with Crippen LogP contribution in [0.5, 0.6) is 0 Å². The lowest BCUT2D eigenvalue weighted by Gasteiger charge is -2.15. The fraction of sp³-hybridized carbons (Fsp3) is 0.462. The third-order valence-electron chi connectivity index (χ3n) is 9.13. The molecule has 6 aromatic rings. The van der Waals surface area contributed by atoms with E-state index < -0.39 is 8.37 Å². The lowest BCUT2D eigenvalue weighted by atomic mass is 10.3. The van der Waals surface area contributed by atoms with E-state index in [2.05, 4.69) is 183 Å². The van der Waals surface area contributed by atoms with Gasteiger partial charge in [0.1, 0.15) is 0 Å². The molecule has 0 bridgehead atoms. The van der Waals surface area contributed by atoms with Crippen LogP contribution in [-0.2, 0) is 0 Å². The zero-order chi connectivity index (χ0) is 35.3. The maximum atomic E-state index is 5.67. The van der Waals surface area contributed by atoms with Crippen LogP contribution in [0.25, 0.3) is 33.1 Å². The molecule has 0 spiro atoms. The van der Waals surface area contributed by atoms with Crippen molar-refractivity contribution in [1.29, 1.82) is 0 Å². The molecule has 0 saturated heterocycles. The highest BCUT2D eigenvalue weighted by Gasteiger charge is 2.22. The summed E-state index contributed by atoms with van der Waals surface area (Å²) in [6.45, 7) is 26.8. The van der Waals surface area contributed by atoms with Crippen molar-refractivity contribution in [1.82, 2.24) is 27.4 Å². The summed E-state index contributed by atoms with van der Waals surface area (Å²) >= 11 is 0. The summed E-state index contributed by atoms with van der Waals surface area (Å²) in [5.41, 5.74) is 9.71. The van der Waals surface area contributed by atoms with E-state index >= 15 is 0 Å². The molecule has 3 aromatic heterocycles. The monoisotopic (exact) mass is 679 g/mol. The number of hydrogen-bond donors (Lipinski definition) is 0. The van der Waals surface area contributed by atoms with Crippen molar-refractivity contribution < 1.29 is 0 Å². The quantitative estimate of drug-likeness (QED) is 0.137. The van der Waals surface area contributed by atoms with Crippen molar-refractivity contribution >= 4 is 41.5 Å². The van der Waals surface area contributed by atoms with Gasteiger partial charge in [-0.05, 0) is 119 Å². The molecular formula is C39H54N9P. The minimum atomic E-state index is -1.70. The Bertz CT molecular complexity index is 1920. The number of rotatable bonds is 9. The summed E-state index contributed by atoms with van der Waals surface area (Å²) in [6, 6.07) is 27.1. The second kappa shape index (κ2) is 13.7. The van der Waals surface area contributed by atoms with Crippen molar-refractivity contribution in [2.45, 2.75) is 119 Å². The van der Waals surface area contributed by atoms with Crippen LogP contribution in [0.15, 0.2) is 87.1 Å². The number of aromatic nitrogens is 6. The van der Waals surface area contributed by atoms with Gasteiger partial charge in [0.05, 0.1) is 33.1 Å². The molecule has 260 valence electrons. The van der Waals surface area contributed by atoms with Gasteiger partial charge in [0.25, 0.3) is 8.37 Å². The van der Waals surface area contributed by atoms with Crippen LogP contribution in [-0.4, -0.2) is 27.4 Å². The topological polar surface area (TPSA) is 66.7 Å². The fourth-order valence-corrected chi connectivity index (χ4v) is 8.45. The number of benzene rings is 3. The van der Waals surface area contributed by atoms with Gasteiger partial charge in [-0.15, -0.1) is 0 Å². The Morgan fingerprint density at radius 2 is 0.490 bits per heavy atom. The Hall–Kier alpha value is -4.10. The molecule has 0 unspecified atom stereocenters. The van der Waals surface area contributed by atoms with Crippen LogP contribution < -0.4 is 16.9 Å². The van der Waals surface area contributed by atoms with Gasteiger partial charge < -0.3 is 27.4 Å². The third kappa shape index (κ3) is 6.05. The Morgan fingerprint density at radius 1 is 0.327 bits per heavy atom. The Morgan fingerprint density at radius 3 is 0.633 bits per heavy atom. The lowest BCUT2D eigenvalue weighted by Crippen LogP contribution is -2.30. The summed E-state index contributed by atoms with van der Waals surface area (Å²) in [4.78, 5) is 0. The Kier molecular flexibility index (Phi) is 9.69. The van der Waals surface area contributed by atoms with Gasteiger partial charge in [-0.25, -0.2) is 0 Å². The van der Waals surface area contributed by atoms with Crippen LogP contribution in [0.1, 0.15) is 119 Å². The van der Waals surface area contributed by atoms with Crippen LogP contribution in [0.2, 0.25) is 0 Å². The van der Waals surface area contributed by atoms with E-state index in [1.165, 1.54) is 33.1 Å². The van der Waals surface area contributed by atoms with Gasteiger partial charge in [-0.2, -0.15) is 14.3 Å². The van der Waals surface area contributed by atoms with Crippen LogP contribution >= 0.6 is 8.37 Å². The van der Waals surface area contributed by atoms with Crippen LogP contribution in [0.3, 0.4) is 0 Å². The van der Waals surface area contributed by atoms with Crippen molar-refractivity contribution in [3.05, 3.63) is 89.7 Å². The lowest BCUT2D eigenvalue weighted by molar-refractivity contribution is 0.519. The van der Waals surface area contributed by atoms with E-state index in [4.69, 9.17) is 14.3 Å². The predicted molar refractivity (Wildman–Crippen MR) is 206 cm³/mol. The number of para-hydroxylation sites is 6. The number of nitrogens with zero attached hydrogens (tertiary/aromatic N) is 9. The molecule has 49 heavy (non-hydrogen) atoms. The highest BCUT2D eigenvalue weighted by Crippen LogP contribution is 2.40. The molecule has 0 fully saturated rings. The standard InChI is InChI=1S/C39H54N9P/c1-25(2)43-31-19-13-14-20-32(31)44(26(3)4)37(43)40-49(41-38-45(27(5)6)33-21-15-16-22-34(33)46(38)28(7)8)42-39-47(29(9)10)35-23-17-18-24-36(35)48(39)30(11)12/h13-30H,1-12H3. The van der Waals surface area contributed by atoms with Crippen molar-refractivity contribution in [2.75, 3.05) is 0 Å². The number of fused-ring (bicyclic) bond motifs is 3. The van der Waals surface area contributed by atoms with E-state index in [9.17, 15) is 0 Å². The molecule has 0 N–H and O–H groups in total. The van der Waals surface area contributed by atoms with Gasteiger partial charge >= 0.3 is 0 Å². The molecule has 9 nitrogen and oxygen atoms in total. The van der Waals surface area contributed by atoms with E-state index in [1.807, 2.05) is 0 Å². The summed E-state index contributed by atoms with van der Waals surface area (Å²) in [7, 11) is -1.70. The smallest absolute Gasteiger partial charge is 0.278 e. The molecule has 3 heterocycles. The van der Waals surface area contributed by atoms with Gasteiger partial charge in [-0.1, -0.05) is 36.4 Å². The third-order valence-corrected chi connectivity index (χ3v) is 10.2. The van der Waals surface area contributed by atoms with Gasteiger partial charge in [0, 0.05) is 36.3 Å². The highest BCUT2D eigenvalue weighted by molar-refractivity contribution is 7.52. The van der Waals surface area contributed by atoms with Crippen molar-refractivity contribution in [3.8, 4) is 0 Å². The molecule has 0 aliphatic rings. The summed E-state index contributed by atoms with van der Waals surface area (Å²) in [5.74, 6) is 0. The zero-order valence-corrected chi connectivity index (χ0v) is 32.3. The molecule has 3 aromatic carbocycles. The highest BCUT2D eigenvalue weighted by atomic mass is 31.1. The van der Waals surface area contributed by atoms with Gasteiger partial charge in [0.2, 0.25) is 16.9 Å². The molecule has 0 amide bonds. The normalized spacial score (nSPS) is 12.6. The molecule has 0 aliphatic carbocycles. The molecule has 0 saturated carbocycles. The van der Waals surface area contributed by atoms with Crippen molar-refractivity contribution in [2.24, 2.45) is 14.3 Å². The Balaban J connectivity index is 1.86. The average Bonchev–Trinajstić information content (AvgIpc) is 3.66. The minimum Gasteiger partial charge on any atom is -0.307 e. The number of hydrogen-bond acceptors (Lipinski definition) is 3. The first-order valence-corrected chi connectivity index (χ1v) is 19.1. The fourth-order valence-electron chi connectivity index (χ4n) is 7.26. The predicted octanol–water partition coefficient (Wildman–Crippen LogP) is 9.77. The molecular weight excluding hydrogens is 625 g/mol. The minimum absolute atomic E-state index is 0.186. The molecule has 0 radical (unpaired) electrons. The van der Waals surface area contributed by atoms with Crippen LogP contribution in [0, 0.1) is 0 Å². The van der Waals surface area contributed by atoms with E-state index in [0.29, 0.717) is 0 Å². The average molecular weight is 680 g/mol. The molecule has 10 heteroatoms. The first-order valence-electron chi connectivity index (χ1n) is 17.9. The second-order valence-corrected chi connectivity index (χ2v) is 15.9. The summed E-state index contributed by atoms with van der Waals surface area (Å²) in [5, 5.41) is 0. The molecule has 6 rings (SSSR count). The largest absolute Gasteiger partial charge is 0.307 e. The van der Waals surface area contributed by atoms with Gasteiger partial charge in [0.15, 0.2) is 0 Å². The first kappa shape index (κ1) is 34.8. The number of imidazole rings is 3. The SMILES string of the molecule is CC(C)n1c(=NP(N=c2n(C(C)C)c3ccccc3n2C(C)C)N=c2n(C(C)C)c3ccccc3n2C(C)C)n(C(C)C)c2ccccc21.